The maximum atomic E-state index is 13.9. The first kappa shape index (κ1) is 15.5. The Kier molecular flexibility index (Phi) is 4.94. The van der Waals surface area contributed by atoms with Crippen molar-refractivity contribution in [1.82, 2.24) is 5.32 Å². The maximum Gasteiger partial charge on any atom is 0.306 e. The van der Waals surface area contributed by atoms with Crippen LogP contribution in [0.3, 0.4) is 0 Å². The number of halogens is 1. The first-order valence-electron chi connectivity index (χ1n) is 7.24. The van der Waals surface area contributed by atoms with Crippen molar-refractivity contribution in [2.45, 2.75) is 32.1 Å². The first-order valence-corrected chi connectivity index (χ1v) is 7.24. The van der Waals surface area contributed by atoms with E-state index in [1.165, 1.54) is 12.1 Å². The van der Waals surface area contributed by atoms with Gasteiger partial charge in [-0.2, -0.15) is 0 Å². The van der Waals surface area contributed by atoms with Gasteiger partial charge in [-0.25, -0.2) is 4.39 Å². The molecular weight excluding hydrogens is 273 g/mol. The Morgan fingerprint density at radius 2 is 1.95 bits per heavy atom. The summed E-state index contributed by atoms with van der Waals surface area (Å²) in [6, 6.07) is 4.39. The number of rotatable bonds is 4. The SMILES string of the molecule is CNC(=O)c1ccc(F)c(CC2CCC(C(=O)O)CC2)c1. The van der Waals surface area contributed by atoms with Gasteiger partial charge in [-0.3, -0.25) is 9.59 Å². The Labute approximate surface area is 123 Å². The van der Waals surface area contributed by atoms with E-state index in [9.17, 15) is 14.0 Å². The molecule has 0 heterocycles. The molecule has 0 aliphatic heterocycles. The fourth-order valence-corrected chi connectivity index (χ4v) is 2.94. The van der Waals surface area contributed by atoms with E-state index in [0.29, 0.717) is 30.4 Å². The minimum Gasteiger partial charge on any atom is -0.481 e. The summed E-state index contributed by atoms with van der Waals surface area (Å²) in [7, 11) is 1.54. The monoisotopic (exact) mass is 293 g/mol. The molecule has 1 amide bonds. The molecule has 0 unspecified atom stereocenters. The van der Waals surface area contributed by atoms with Crippen molar-refractivity contribution in [2.75, 3.05) is 7.05 Å². The van der Waals surface area contributed by atoms with E-state index >= 15 is 0 Å². The van der Waals surface area contributed by atoms with Gasteiger partial charge in [-0.15, -0.1) is 0 Å². The van der Waals surface area contributed by atoms with Crippen LogP contribution in [0.5, 0.6) is 0 Å². The molecule has 1 fully saturated rings. The highest BCUT2D eigenvalue weighted by atomic mass is 19.1. The third kappa shape index (κ3) is 3.80. The minimum atomic E-state index is -0.735. The van der Waals surface area contributed by atoms with Crippen LogP contribution >= 0.6 is 0 Å². The van der Waals surface area contributed by atoms with Crippen LogP contribution in [-0.4, -0.2) is 24.0 Å². The van der Waals surface area contributed by atoms with Gasteiger partial charge in [0.15, 0.2) is 0 Å². The maximum absolute atomic E-state index is 13.9. The lowest BCUT2D eigenvalue weighted by molar-refractivity contribution is -0.143. The van der Waals surface area contributed by atoms with Crippen molar-refractivity contribution in [2.24, 2.45) is 11.8 Å². The zero-order valence-corrected chi connectivity index (χ0v) is 12.1. The van der Waals surface area contributed by atoms with Crippen molar-refractivity contribution in [3.05, 3.63) is 35.1 Å². The van der Waals surface area contributed by atoms with Gasteiger partial charge in [0.2, 0.25) is 0 Å². The normalized spacial score (nSPS) is 21.8. The molecule has 1 aromatic rings. The van der Waals surface area contributed by atoms with Crippen molar-refractivity contribution < 1.29 is 19.1 Å². The molecule has 1 aromatic carbocycles. The molecule has 2 N–H and O–H groups in total. The summed E-state index contributed by atoms with van der Waals surface area (Å²) < 4.78 is 13.9. The molecule has 1 saturated carbocycles. The van der Waals surface area contributed by atoms with Crippen LogP contribution in [0, 0.1) is 17.7 Å². The quantitative estimate of drug-likeness (QED) is 0.896. The van der Waals surface area contributed by atoms with E-state index < -0.39 is 5.97 Å². The van der Waals surface area contributed by atoms with Crippen LogP contribution in [0.1, 0.15) is 41.6 Å². The summed E-state index contributed by atoms with van der Waals surface area (Å²) in [5, 5.41) is 11.5. The second-order valence-electron chi connectivity index (χ2n) is 5.65. The van der Waals surface area contributed by atoms with Crippen molar-refractivity contribution in [1.29, 1.82) is 0 Å². The van der Waals surface area contributed by atoms with Crippen LogP contribution < -0.4 is 5.32 Å². The average Bonchev–Trinajstić information content (AvgIpc) is 2.49. The molecule has 0 saturated heterocycles. The molecule has 0 aromatic heterocycles. The molecule has 0 bridgehead atoms. The topological polar surface area (TPSA) is 66.4 Å². The van der Waals surface area contributed by atoms with Gasteiger partial charge < -0.3 is 10.4 Å². The highest BCUT2D eigenvalue weighted by Gasteiger charge is 2.26. The number of amides is 1. The smallest absolute Gasteiger partial charge is 0.306 e. The van der Waals surface area contributed by atoms with Crippen molar-refractivity contribution in [3.63, 3.8) is 0 Å². The minimum absolute atomic E-state index is 0.231. The molecule has 0 spiro atoms. The van der Waals surface area contributed by atoms with Gasteiger partial charge in [0, 0.05) is 12.6 Å². The molecule has 1 aliphatic rings. The summed E-state index contributed by atoms with van der Waals surface area (Å²) in [6.45, 7) is 0. The van der Waals surface area contributed by atoms with Gasteiger partial charge in [-0.05, 0) is 61.8 Å². The van der Waals surface area contributed by atoms with Crippen LogP contribution in [0.15, 0.2) is 18.2 Å². The van der Waals surface area contributed by atoms with E-state index in [0.717, 1.165) is 12.8 Å². The zero-order chi connectivity index (χ0) is 15.4. The van der Waals surface area contributed by atoms with E-state index in [4.69, 9.17) is 5.11 Å². The van der Waals surface area contributed by atoms with Crippen LogP contribution in [-0.2, 0) is 11.2 Å². The Morgan fingerprint density at radius 3 is 2.52 bits per heavy atom. The summed E-state index contributed by atoms with van der Waals surface area (Å²) in [4.78, 5) is 22.5. The van der Waals surface area contributed by atoms with Gasteiger partial charge in [-0.1, -0.05) is 0 Å². The number of carbonyl (C=O) groups excluding carboxylic acids is 1. The molecule has 5 heteroatoms. The predicted molar refractivity (Wildman–Crippen MR) is 76.6 cm³/mol. The summed E-state index contributed by atoms with van der Waals surface area (Å²) in [5.41, 5.74) is 0.989. The summed E-state index contributed by atoms with van der Waals surface area (Å²) >= 11 is 0. The fourth-order valence-electron chi connectivity index (χ4n) is 2.94. The average molecular weight is 293 g/mol. The molecule has 21 heavy (non-hydrogen) atoms. The number of hydrogen-bond acceptors (Lipinski definition) is 2. The number of nitrogens with one attached hydrogen (secondary N) is 1. The highest BCUT2D eigenvalue weighted by molar-refractivity contribution is 5.94. The zero-order valence-electron chi connectivity index (χ0n) is 12.1. The van der Waals surface area contributed by atoms with Gasteiger partial charge in [0.25, 0.3) is 5.91 Å². The number of benzene rings is 1. The van der Waals surface area contributed by atoms with Gasteiger partial charge in [0.05, 0.1) is 5.92 Å². The number of aliphatic carboxylic acids is 1. The van der Waals surface area contributed by atoms with Crippen LogP contribution in [0.4, 0.5) is 4.39 Å². The second kappa shape index (κ2) is 6.70. The van der Waals surface area contributed by atoms with Crippen molar-refractivity contribution in [3.8, 4) is 0 Å². The third-order valence-corrected chi connectivity index (χ3v) is 4.24. The second-order valence-corrected chi connectivity index (χ2v) is 5.65. The summed E-state index contributed by atoms with van der Waals surface area (Å²) in [5.74, 6) is -1.24. The number of hydrogen-bond donors (Lipinski definition) is 2. The molecule has 1 aliphatic carbocycles. The lowest BCUT2D eigenvalue weighted by Gasteiger charge is -2.26. The summed E-state index contributed by atoms with van der Waals surface area (Å²) in [6.07, 6.45) is 3.44. The van der Waals surface area contributed by atoms with Gasteiger partial charge >= 0.3 is 5.97 Å². The van der Waals surface area contributed by atoms with E-state index in [1.54, 1.807) is 13.1 Å². The molecule has 0 atom stereocenters. The highest BCUT2D eigenvalue weighted by Crippen LogP contribution is 2.31. The lowest BCUT2D eigenvalue weighted by atomic mass is 9.79. The molecular formula is C16H20FNO3. The molecule has 0 radical (unpaired) electrons. The molecule has 114 valence electrons. The van der Waals surface area contributed by atoms with Crippen LogP contribution in [0.2, 0.25) is 0 Å². The standard InChI is InChI=1S/C16H20FNO3/c1-18-15(19)12-6-7-14(17)13(9-12)8-10-2-4-11(5-3-10)16(20)21/h6-7,9-11H,2-5,8H2,1H3,(H,18,19)(H,20,21). The Balaban J connectivity index is 2.03. The Hall–Kier alpha value is -1.91. The first-order chi connectivity index (χ1) is 10.0. The lowest BCUT2D eigenvalue weighted by Crippen LogP contribution is -2.23. The number of carbonyl (C=O) groups is 2. The van der Waals surface area contributed by atoms with Gasteiger partial charge in [0.1, 0.15) is 5.82 Å². The number of carboxylic acids is 1. The Bertz CT molecular complexity index is 536. The molecule has 4 nitrogen and oxygen atoms in total. The van der Waals surface area contributed by atoms with Crippen LogP contribution in [0.25, 0.3) is 0 Å². The largest absolute Gasteiger partial charge is 0.481 e. The number of carboxylic acid groups (broad SMARTS) is 1. The molecule has 2 rings (SSSR count). The fraction of sp³-hybridized carbons (Fsp3) is 0.500. The van der Waals surface area contributed by atoms with E-state index in [1.807, 2.05) is 0 Å². The van der Waals surface area contributed by atoms with Crippen molar-refractivity contribution >= 4 is 11.9 Å². The predicted octanol–water partition coefficient (Wildman–Crippen LogP) is 2.62. The van der Waals surface area contributed by atoms with E-state index in [2.05, 4.69) is 5.32 Å². The third-order valence-electron chi connectivity index (χ3n) is 4.24. The Morgan fingerprint density at radius 1 is 1.29 bits per heavy atom. The van der Waals surface area contributed by atoms with E-state index in [-0.39, 0.29) is 23.6 Å².